The van der Waals surface area contributed by atoms with Crippen molar-refractivity contribution in [3.63, 3.8) is 0 Å². The average molecular weight is 397 g/mol. The Morgan fingerprint density at radius 1 is 0.926 bits per heavy atom. The molecule has 0 saturated carbocycles. The number of hydrogen-bond acceptors (Lipinski definition) is 5. The third-order valence-electron chi connectivity index (χ3n) is 4.82. The molecule has 0 atom stereocenters. The van der Waals surface area contributed by atoms with E-state index in [0.717, 1.165) is 57.3 Å². The van der Waals surface area contributed by atoms with Gasteiger partial charge in [-0.1, -0.05) is 49.8 Å². The molecular weight excluding hydrogens is 364 g/mol. The highest BCUT2D eigenvalue weighted by molar-refractivity contribution is 7.92. The summed E-state index contributed by atoms with van der Waals surface area (Å²) < 4.78 is 35.3. The van der Waals surface area contributed by atoms with Gasteiger partial charge in [0.1, 0.15) is 11.5 Å². The van der Waals surface area contributed by atoms with Crippen LogP contribution in [0.3, 0.4) is 0 Å². The minimum Gasteiger partial charge on any atom is -0.350 e. The van der Waals surface area contributed by atoms with E-state index in [-0.39, 0.29) is 22.7 Å². The second-order valence-corrected chi connectivity index (χ2v) is 9.29. The molecule has 27 heavy (non-hydrogen) atoms. The van der Waals surface area contributed by atoms with Crippen LogP contribution in [0.1, 0.15) is 63.4 Å². The number of carbonyl (C=O) groups is 1. The Morgan fingerprint density at radius 2 is 1.48 bits per heavy atom. The SMILES string of the molecule is Cc1ccc(S(=O)(=O)CC(=O)CCCCCCCCCC2OCCO2)cc1. The smallest absolute Gasteiger partial charge is 0.185 e. The van der Waals surface area contributed by atoms with E-state index in [1.54, 1.807) is 24.3 Å². The Balaban J connectivity index is 1.50. The minimum atomic E-state index is -3.51. The highest BCUT2D eigenvalue weighted by atomic mass is 32.2. The van der Waals surface area contributed by atoms with Gasteiger partial charge >= 0.3 is 0 Å². The Hall–Kier alpha value is -1.24. The largest absolute Gasteiger partial charge is 0.350 e. The fourth-order valence-electron chi connectivity index (χ4n) is 3.20. The number of rotatable bonds is 13. The number of Topliss-reactive ketones (excluding diaryl/α,β-unsaturated/α-hetero) is 1. The molecule has 1 saturated heterocycles. The number of unbranched alkanes of at least 4 members (excludes halogenated alkanes) is 6. The first kappa shape index (κ1) is 22.1. The van der Waals surface area contributed by atoms with Crippen LogP contribution in [0.2, 0.25) is 0 Å². The lowest BCUT2D eigenvalue weighted by atomic mass is 10.1. The van der Waals surface area contributed by atoms with Crippen molar-refractivity contribution < 1.29 is 22.7 Å². The second-order valence-electron chi connectivity index (χ2n) is 7.30. The van der Waals surface area contributed by atoms with Crippen LogP contribution in [0.15, 0.2) is 29.2 Å². The van der Waals surface area contributed by atoms with Crippen molar-refractivity contribution in [3.05, 3.63) is 29.8 Å². The summed E-state index contributed by atoms with van der Waals surface area (Å²) in [5.74, 6) is -0.575. The van der Waals surface area contributed by atoms with Crippen molar-refractivity contribution in [1.82, 2.24) is 0 Å². The highest BCUT2D eigenvalue weighted by Gasteiger charge is 2.18. The molecule has 0 radical (unpaired) electrons. The maximum atomic E-state index is 12.2. The summed E-state index contributed by atoms with van der Waals surface area (Å²) in [4.78, 5) is 12.2. The van der Waals surface area contributed by atoms with Crippen LogP contribution in [-0.4, -0.2) is 39.5 Å². The Bertz CT molecular complexity index is 660. The van der Waals surface area contributed by atoms with Crippen LogP contribution in [0.5, 0.6) is 0 Å². The number of ether oxygens (including phenoxy) is 2. The predicted molar refractivity (Wildman–Crippen MR) is 105 cm³/mol. The molecule has 1 aliphatic rings. The molecular formula is C21H32O5S. The number of carbonyl (C=O) groups excluding carboxylic acids is 1. The van der Waals surface area contributed by atoms with Gasteiger partial charge in [-0.2, -0.15) is 0 Å². The van der Waals surface area contributed by atoms with E-state index < -0.39 is 9.84 Å². The molecule has 0 spiro atoms. The number of aryl methyl sites for hydroxylation is 1. The van der Waals surface area contributed by atoms with Crippen LogP contribution >= 0.6 is 0 Å². The minimum absolute atomic E-state index is 0.00667. The lowest BCUT2D eigenvalue weighted by Gasteiger charge is -2.08. The van der Waals surface area contributed by atoms with Crippen molar-refractivity contribution in [1.29, 1.82) is 0 Å². The second kappa shape index (κ2) is 11.6. The fraction of sp³-hybridized carbons (Fsp3) is 0.667. The molecule has 2 rings (SSSR count). The first-order chi connectivity index (χ1) is 13.0. The van der Waals surface area contributed by atoms with E-state index in [0.29, 0.717) is 6.42 Å². The topological polar surface area (TPSA) is 69.7 Å². The Labute approximate surface area is 163 Å². The normalized spacial score (nSPS) is 15.3. The average Bonchev–Trinajstić information content (AvgIpc) is 3.13. The summed E-state index contributed by atoms with van der Waals surface area (Å²) in [5, 5.41) is 0. The van der Waals surface area contributed by atoms with Gasteiger partial charge in [-0.05, 0) is 38.3 Å². The van der Waals surface area contributed by atoms with Gasteiger partial charge in [0.15, 0.2) is 16.1 Å². The van der Waals surface area contributed by atoms with Crippen LogP contribution in [0, 0.1) is 6.92 Å². The van der Waals surface area contributed by atoms with E-state index in [9.17, 15) is 13.2 Å². The van der Waals surface area contributed by atoms with Gasteiger partial charge < -0.3 is 9.47 Å². The summed E-state index contributed by atoms with van der Waals surface area (Å²) in [6.07, 6.45) is 8.81. The molecule has 0 amide bonds. The van der Waals surface area contributed by atoms with Crippen LogP contribution in [0.4, 0.5) is 0 Å². The van der Waals surface area contributed by atoms with Gasteiger partial charge in [0.2, 0.25) is 0 Å². The lowest BCUT2D eigenvalue weighted by Crippen LogP contribution is -2.16. The quantitative estimate of drug-likeness (QED) is 0.467. The number of benzene rings is 1. The van der Waals surface area contributed by atoms with E-state index in [4.69, 9.17) is 9.47 Å². The molecule has 1 aliphatic heterocycles. The Kier molecular flexibility index (Phi) is 9.45. The molecule has 1 aromatic carbocycles. The summed E-state index contributed by atoms with van der Waals surface area (Å²) in [6, 6.07) is 6.65. The summed E-state index contributed by atoms with van der Waals surface area (Å²) in [5.41, 5.74) is 1.00. The van der Waals surface area contributed by atoms with E-state index in [1.807, 2.05) is 6.92 Å². The predicted octanol–water partition coefficient (Wildman–Crippen LogP) is 4.22. The van der Waals surface area contributed by atoms with Crippen molar-refractivity contribution in [2.45, 2.75) is 75.9 Å². The summed E-state index contributed by atoms with van der Waals surface area (Å²) in [6.45, 7) is 3.34. The molecule has 0 N–H and O–H groups in total. The number of hydrogen-bond donors (Lipinski definition) is 0. The van der Waals surface area contributed by atoms with Crippen molar-refractivity contribution in [3.8, 4) is 0 Å². The van der Waals surface area contributed by atoms with Gasteiger partial charge in [0, 0.05) is 6.42 Å². The van der Waals surface area contributed by atoms with Crippen LogP contribution in [-0.2, 0) is 24.1 Å². The Morgan fingerprint density at radius 3 is 2.11 bits per heavy atom. The van der Waals surface area contributed by atoms with Crippen LogP contribution < -0.4 is 0 Å². The molecule has 5 nitrogen and oxygen atoms in total. The standard InChI is InChI=1S/C21H32O5S/c1-18-11-13-20(14-12-18)27(23,24)17-19(22)9-7-5-3-2-4-6-8-10-21-25-15-16-26-21/h11-14,21H,2-10,15-17H2,1H3. The molecule has 1 fully saturated rings. The fourth-order valence-corrected chi connectivity index (χ4v) is 4.49. The molecule has 152 valence electrons. The molecule has 0 aromatic heterocycles. The zero-order valence-corrected chi connectivity index (χ0v) is 17.1. The zero-order chi connectivity index (χ0) is 19.5. The van der Waals surface area contributed by atoms with Crippen molar-refractivity contribution in [2.24, 2.45) is 0 Å². The molecule has 0 unspecified atom stereocenters. The number of ketones is 1. The van der Waals surface area contributed by atoms with Gasteiger partial charge in [-0.15, -0.1) is 0 Å². The van der Waals surface area contributed by atoms with E-state index >= 15 is 0 Å². The maximum absolute atomic E-state index is 12.2. The highest BCUT2D eigenvalue weighted by Crippen LogP contribution is 2.16. The van der Waals surface area contributed by atoms with Gasteiger partial charge in [0.25, 0.3) is 0 Å². The molecule has 0 aliphatic carbocycles. The third kappa shape index (κ3) is 8.54. The number of sulfone groups is 1. The lowest BCUT2D eigenvalue weighted by molar-refractivity contribution is -0.116. The third-order valence-corrected chi connectivity index (χ3v) is 6.51. The van der Waals surface area contributed by atoms with E-state index in [2.05, 4.69) is 0 Å². The molecule has 0 bridgehead atoms. The molecule has 6 heteroatoms. The first-order valence-electron chi connectivity index (χ1n) is 10.0. The summed E-state index contributed by atoms with van der Waals surface area (Å²) in [7, 11) is -3.51. The molecule has 1 heterocycles. The van der Waals surface area contributed by atoms with Gasteiger partial charge in [-0.25, -0.2) is 8.42 Å². The molecule has 1 aromatic rings. The zero-order valence-electron chi connectivity index (χ0n) is 16.3. The first-order valence-corrected chi connectivity index (χ1v) is 11.7. The van der Waals surface area contributed by atoms with E-state index in [1.165, 1.54) is 12.8 Å². The van der Waals surface area contributed by atoms with Gasteiger partial charge in [0.05, 0.1) is 18.1 Å². The summed E-state index contributed by atoms with van der Waals surface area (Å²) >= 11 is 0. The van der Waals surface area contributed by atoms with Gasteiger partial charge in [-0.3, -0.25) is 4.79 Å². The van der Waals surface area contributed by atoms with Crippen LogP contribution in [0.25, 0.3) is 0 Å². The van der Waals surface area contributed by atoms with Crippen molar-refractivity contribution >= 4 is 15.6 Å². The monoisotopic (exact) mass is 396 g/mol. The maximum Gasteiger partial charge on any atom is 0.185 e. The van der Waals surface area contributed by atoms with Crippen molar-refractivity contribution in [2.75, 3.05) is 19.0 Å².